The van der Waals surface area contributed by atoms with Gasteiger partial charge in [-0.1, -0.05) is 12.1 Å². The van der Waals surface area contributed by atoms with Crippen molar-refractivity contribution >= 4 is 17.7 Å². The Kier molecular flexibility index (Phi) is 6.81. The fourth-order valence-electron chi connectivity index (χ4n) is 3.31. The van der Waals surface area contributed by atoms with Gasteiger partial charge in [0, 0.05) is 35.9 Å². The molecule has 1 aromatic heterocycles. The van der Waals surface area contributed by atoms with Crippen LogP contribution in [0.3, 0.4) is 0 Å². The molecule has 0 saturated heterocycles. The van der Waals surface area contributed by atoms with E-state index in [0.29, 0.717) is 12.0 Å². The molecule has 130 valence electrons. The van der Waals surface area contributed by atoms with Gasteiger partial charge in [0.2, 0.25) is 0 Å². The van der Waals surface area contributed by atoms with Gasteiger partial charge in [-0.2, -0.15) is 11.8 Å². The molecule has 1 aliphatic carbocycles. The highest BCUT2D eigenvalue weighted by Crippen LogP contribution is 2.28. The van der Waals surface area contributed by atoms with Crippen LogP contribution in [0.5, 0.6) is 0 Å². The van der Waals surface area contributed by atoms with Crippen LogP contribution in [0.1, 0.15) is 56.0 Å². The van der Waals surface area contributed by atoms with Crippen molar-refractivity contribution in [2.45, 2.75) is 64.2 Å². The summed E-state index contributed by atoms with van der Waals surface area (Å²) in [6.07, 6.45) is 5.96. The first-order valence-corrected chi connectivity index (χ1v) is 9.84. The van der Waals surface area contributed by atoms with E-state index in [-0.39, 0.29) is 0 Å². The summed E-state index contributed by atoms with van der Waals surface area (Å²) in [6, 6.07) is 0.541. The van der Waals surface area contributed by atoms with Gasteiger partial charge in [-0.05, 0) is 46.3 Å². The van der Waals surface area contributed by atoms with Gasteiger partial charge < -0.3 is 15.2 Å². The largest absolute Gasteiger partial charge is 0.361 e. The number of hydrogen-bond acceptors (Lipinski definition) is 4. The van der Waals surface area contributed by atoms with Crippen molar-refractivity contribution < 1.29 is 4.52 Å². The normalized spacial score (nSPS) is 23.1. The topological polar surface area (TPSA) is 62.5 Å². The first-order valence-electron chi connectivity index (χ1n) is 8.55. The van der Waals surface area contributed by atoms with Crippen LogP contribution in [0.25, 0.3) is 0 Å². The van der Waals surface area contributed by atoms with Gasteiger partial charge in [0.1, 0.15) is 5.76 Å². The van der Waals surface area contributed by atoms with Crippen molar-refractivity contribution in [2.75, 3.05) is 19.3 Å². The molecule has 0 spiro atoms. The summed E-state index contributed by atoms with van der Waals surface area (Å²) in [5.41, 5.74) is 2.16. The van der Waals surface area contributed by atoms with Gasteiger partial charge in [0.15, 0.2) is 5.96 Å². The van der Waals surface area contributed by atoms with Crippen LogP contribution in [-0.2, 0) is 0 Å². The number of aromatic nitrogens is 1. The Morgan fingerprint density at radius 1 is 1.43 bits per heavy atom. The predicted octanol–water partition coefficient (Wildman–Crippen LogP) is 3.23. The maximum absolute atomic E-state index is 5.27. The number of rotatable bonds is 6. The fourth-order valence-corrected chi connectivity index (χ4v) is 4.11. The van der Waals surface area contributed by atoms with Crippen molar-refractivity contribution in [3.8, 4) is 0 Å². The molecule has 23 heavy (non-hydrogen) atoms. The number of hydrogen-bond donors (Lipinski definition) is 2. The van der Waals surface area contributed by atoms with Crippen LogP contribution < -0.4 is 10.6 Å². The second-order valence-corrected chi connectivity index (χ2v) is 7.51. The molecule has 2 rings (SSSR count). The van der Waals surface area contributed by atoms with Crippen LogP contribution in [0.15, 0.2) is 9.52 Å². The van der Waals surface area contributed by atoms with E-state index in [1.54, 1.807) is 0 Å². The first-order chi connectivity index (χ1) is 11.0. The Morgan fingerprint density at radius 2 is 2.22 bits per heavy atom. The Labute approximate surface area is 144 Å². The van der Waals surface area contributed by atoms with Crippen LogP contribution in [0.2, 0.25) is 0 Å². The molecule has 0 radical (unpaired) electrons. The second kappa shape index (κ2) is 8.62. The third-order valence-electron chi connectivity index (χ3n) is 4.51. The molecule has 0 aromatic carbocycles. The van der Waals surface area contributed by atoms with E-state index in [1.807, 2.05) is 25.6 Å². The Hall–Kier alpha value is -1.17. The molecule has 1 aromatic rings. The SMILES string of the molecule is CCNC(=NCC(C)c1c(C)noc1C)NC1CCC(SC)C1. The number of nitrogens with one attached hydrogen (secondary N) is 2. The Morgan fingerprint density at radius 3 is 2.78 bits per heavy atom. The smallest absolute Gasteiger partial charge is 0.191 e. The minimum absolute atomic E-state index is 0.305. The van der Waals surface area contributed by atoms with Gasteiger partial charge >= 0.3 is 0 Å². The summed E-state index contributed by atoms with van der Waals surface area (Å²) < 4.78 is 5.27. The highest BCUT2D eigenvalue weighted by molar-refractivity contribution is 7.99. The van der Waals surface area contributed by atoms with E-state index < -0.39 is 0 Å². The highest BCUT2D eigenvalue weighted by atomic mass is 32.2. The van der Waals surface area contributed by atoms with Crippen molar-refractivity contribution in [1.29, 1.82) is 0 Å². The summed E-state index contributed by atoms with van der Waals surface area (Å²) in [4.78, 5) is 4.78. The molecule has 3 unspecified atom stereocenters. The number of thioether (sulfide) groups is 1. The molecule has 1 aliphatic rings. The quantitative estimate of drug-likeness (QED) is 0.616. The van der Waals surface area contributed by atoms with Gasteiger partial charge in [0.05, 0.1) is 5.69 Å². The lowest BCUT2D eigenvalue weighted by molar-refractivity contribution is 0.391. The summed E-state index contributed by atoms with van der Waals surface area (Å²) >= 11 is 1.98. The zero-order valence-corrected chi connectivity index (χ0v) is 15.8. The molecule has 3 atom stereocenters. The molecular formula is C17H30N4OS. The minimum atomic E-state index is 0.305. The highest BCUT2D eigenvalue weighted by Gasteiger charge is 2.24. The molecule has 0 aliphatic heterocycles. The van der Waals surface area contributed by atoms with Crippen molar-refractivity contribution in [3.63, 3.8) is 0 Å². The predicted molar refractivity (Wildman–Crippen MR) is 98.4 cm³/mol. The third kappa shape index (κ3) is 4.90. The fraction of sp³-hybridized carbons (Fsp3) is 0.765. The van der Waals surface area contributed by atoms with Crippen LogP contribution >= 0.6 is 11.8 Å². The lowest BCUT2D eigenvalue weighted by Crippen LogP contribution is -2.42. The maximum atomic E-state index is 5.27. The van der Waals surface area contributed by atoms with E-state index in [1.165, 1.54) is 24.8 Å². The number of guanidine groups is 1. The molecule has 6 heteroatoms. The lowest BCUT2D eigenvalue weighted by atomic mass is 10.00. The van der Waals surface area contributed by atoms with E-state index >= 15 is 0 Å². The number of aryl methyl sites for hydroxylation is 2. The summed E-state index contributed by atoms with van der Waals surface area (Å²) in [5, 5.41) is 11.8. The Balaban J connectivity index is 1.96. The van der Waals surface area contributed by atoms with Gasteiger partial charge in [-0.15, -0.1) is 0 Å². The molecule has 1 heterocycles. The van der Waals surface area contributed by atoms with Gasteiger partial charge in [-0.25, -0.2) is 0 Å². The van der Waals surface area contributed by atoms with Crippen molar-refractivity contribution in [1.82, 2.24) is 15.8 Å². The molecule has 1 saturated carbocycles. The zero-order valence-electron chi connectivity index (χ0n) is 15.0. The molecule has 2 N–H and O–H groups in total. The average molecular weight is 339 g/mol. The standard InChI is InChI=1S/C17H30N4OS/c1-6-18-17(20-14-7-8-15(9-14)23-5)19-10-11(2)16-12(3)21-22-13(16)4/h11,14-15H,6-10H2,1-5H3,(H2,18,19,20). The zero-order chi connectivity index (χ0) is 16.8. The van der Waals surface area contributed by atoms with Crippen molar-refractivity contribution in [2.24, 2.45) is 4.99 Å². The number of nitrogens with zero attached hydrogens (tertiary/aromatic N) is 2. The number of aliphatic imine (C=N–C) groups is 1. The summed E-state index contributed by atoms with van der Waals surface area (Å²) in [7, 11) is 0. The monoisotopic (exact) mass is 338 g/mol. The van der Waals surface area contributed by atoms with E-state index in [2.05, 4.69) is 35.9 Å². The molecule has 0 bridgehead atoms. The van der Waals surface area contributed by atoms with Gasteiger partial charge in [-0.3, -0.25) is 4.99 Å². The molecule has 0 amide bonds. The van der Waals surface area contributed by atoms with Crippen LogP contribution in [-0.4, -0.2) is 41.8 Å². The second-order valence-electron chi connectivity index (χ2n) is 6.37. The Bertz CT molecular complexity index is 509. The van der Waals surface area contributed by atoms with E-state index in [9.17, 15) is 0 Å². The third-order valence-corrected chi connectivity index (χ3v) is 5.60. The van der Waals surface area contributed by atoms with E-state index in [0.717, 1.165) is 35.8 Å². The lowest BCUT2D eigenvalue weighted by Gasteiger charge is -2.18. The van der Waals surface area contributed by atoms with Crippen molar-refractivity contribution in [3.05, 3.63) is 17.0 Å². The minimum Gasteiger partial charge on any atom is -0.361 e. The van der Waals surface area contributed by atoms with E-state index in [4.69, 9.17) is 9.52 Å². The van der Waals surface area contributed by atoms with Crippen LogP contribution in [0.4, 0.5) is 0 Å². The molecule has 1 fully saturated rings. The first kappa shape index (κ1) is 18.2. The average Bonchev–Trinajstić information content (AvgIpc) is 3.11. The summed E-state index contributed by atoms with van der Waals surface area (Å²) in [6.45, 7) is 9.87. The molecule has 5 nitrogen and oxygen atoms in total. The molecular weight excluding hydrogens is 308 g/mol. The van der Waals surface area contributed by atoms with Gasteiger partial charge in [0.25, 0.3) is 0 Å². The maximum Gasteiger partial charge on any atom is 0.191 e. The summed E-state index contributed by atoms with van der Waals surface area (Å²) in [5.74, 6) is 2.14. The van der Waals surface area contributed by atoms with Crippen LogP contribution in [0, 0.1) is 13.8 Å².